The molecule has 2 N–H and O–H groups in total. The molecule has 1 aliphatic carbocycles. The second-order valence-corrected chi connectivity index (χ2v) is 4.23. The fourth-order valence-corrected chi connectivity index (χ4v) is 2.41. The molecule has 3 nitrogen and oxygen atoms in total. The molecular weight excluding hydrogens is 230 g/mol. The molecule has 0 aromatic carbocycles. The summed E-state index contributed by atoms with van der Waals surface area (Å²) in [5, 5.41) is 0. The van der Waals surface area contributed by atoms with Crippen LogP contribution < -0.4 is 5.73 Å². The van der Waals surface area contributed by atoms with Gasteiger partial charge in [0.1, 0.15) is 12.1 Å². The average molecular weight is 242 g/mol. The quantitative estimate of drug-likeness (QED) is 0.822. The average Bonchev–Trinajstić information content (AvgIpc) is 2.62. The summed E-state index contributed by atoms with van der Waals surface area (Å²) in [4.78, 5) is 8.21. The van der Waals surface area contributed by atoms with Crippen molar-refractivity contribution in [1.29, 1.82) is 0 Å². The number of hydrogen-bond donors (Lipinski definition) is 1. The molecule has 70 valence electrons. The van der Waals surface area contributed by atoms with Crippen molar-refractivity contribution in [3.05, 3.63) is 16.5 Å². The summed E-state index contributed by atoms with van der Waals surface area (Å²) in [6, 6.07) is 0. The summed E-state index contributed by atoms with van der Waals surface area (Å²) in [5.74, 6) is 1.14. The Kier molecular flexibility index (Phi) is 2.49. The highest BCUT2D eigenvalue weighted by Crippen LogP contribution is 2.37. The third kappa shape index (κ3) is 1.68. The predicted octanol–water partition coefficient (Wildman–Crippen LogP) is 2.48. The van der Waals surface area contributed by atoms with E-state index in [0.717, 1.165) is 10.2 Å². The van der Waals surface area contributed by atoms with Gasteiger partial charge in [0.2, 0.25) is 0 Å². The SMILES string of the molecule is Nc1ncnc(C2CCCC2)c1Br. The van der Waals surface area contributed by atoms with Crippen molar-refractivity contribution in [3.8, 4) is 0 Å². The normalized spacial score (nSPS) is 17.9. The first-order chi connectivity index (χ1) is 6.29. The third-order valence-electron chi connectivity index (χ3n) is 2.59. The molecule has 1 saturated carbocycles. The van der Waals surface area contributed by atoms with Gasteiger partial charge in [-0.2, -0.15) is 0 Å². The van der Waals surface area contributed by atoms with Gasteiger partial charge < -0.3 is 5.73 Å². The Labute approximate surface area is 85.9 Å². The Morgan fingerprint density at radius 2 is 2.00 bits per heavy atom. The van der Waals surface area contributed by atoms with Crippen LogP contribution in [0.25, 0.3) is 0 Å². The largest absolute Gasteiger partial charge is 0.383 e. The number of nitrogens with zero attached hydrogens (tertiary/aromatic N) is 2. The molecule has 0 unspecified atom stereocenters. The van der Waals surface area contributed by atoms with Gasteiger partial charge >= 0.3 is 0 Å². The molecule has 2 rings (SSSR count). The molecule has 0 radical (unpaired) electrons. The van der Waals surface area contributed by atoms with E-state index in [1.165, 1.54) is 25.7 Å². The van der Waals surface area contributed by atoms with Gasteiger partial charge in [0.15, 0.2) is 0 Å². The Bertz CT molecular complexity index is 308. The molecule has 1 aromatic heterocycles. The molecule has 0 atom stereocenters. The van der Waals surface area contributed by atoms with E-state index in [4.69, 9.17) is 5.73 Å². The van der Waals surface area contributed by atoms with Crippen molar-refractivity contribution in [2.24, 2.45) is 0 Å². The summed E-state index contributed by atoms with van der Waals surface area (Å²) in [5.41, 5.74) is 6.78. The van der Waals surface area contributed by atoms with E-state index in [-0.39, 0.29) is 0 Å². The summed E-state index contributed by atoms with van der Waals surface area (Å²) in [6.45, 7) is 0. The number of nitrogens with two attached hydrogens (primary N) is 1. The molecule has 13 heavy (non-hydrogen) atoms. The highest BCUT2D eigenvalue weighted by molar-refractivity contribution is 9.10. The molecule has 0 aliphatic heterocycles. The van der Waals surface area contributed by atoms with Gasteiger partial charge in [0, 0.05) is 5.92 Å². The van der Waals surface area contributed by atoms with E-state index >= 15 is 0 Å². The van der Waals surface area contributed by atoms with Crippen LogP contribution in [0.1, 0.15) is 37.3 Å². The summed E-state index contributed by atoms with van der Waals surface area (Å²) in [6.07, 6.45) is 6.62. The van der Waals surface area contributed by atoms with Gasteiger partial charge in [-0.05, 0) is 28.8 Å². The molecule has 0 amide bonds. The number of anilines is 1. The number of hydrogen-bond acceptors (Lipinski definition) is 3. The highest BCUT2D eigenvalue weighted by atomic mass is 79.9. The number of nitrogen functional groups attached to an aromatic ring is 1. The van der Waals surface area contributed by atoms with Crippen LogP contribution in [0.15, 0.2) is 10.8 Å². The standard InChI is InChI=1S/C9H12BrN3/c10-7-8(6-3-1-2-4-6)12-5-13-9(7)11/h5-6H,1-4H2,(H2,11,12,13). The Morgan fingerprint density at radius 1 is 1.31 bits per heavy atom. The molecule has 1 aromatic rings. The van der Waals surface area contributed by atoms with Gasteiger partial charge in [-0.3, -0.25) is 0 Å². The first kappa shape index (κ1) is 8.94. The first-order valence-electron chi connectivity index (χ1n) is 4.55. The van der Waals surface area contributed by atoms with Gasteiger partial charge in [-0.1, -0.05) is 12.8 Å². The topological polar surface area (TPSA) is 51.8 Å². The van der Waals surface area contributed by atoms with E-state index < -0.39 is 0 Å². The number of rotatable bonds is 1. The van der Waals surface area contributed by atoms with Crippen molar-refractivity contribution in [3.63, 3.8) is 0 Å². The summed E-state index contributed by atoms with van der Waals surface area (Å²) < 4.78 is 0.891. The zero-order chi connectivity index (χ0) is 9.26. The summed E-state index contributed by atoms with van der Waals surface area (Å²) >= 11 is 3.44. The van der Waals surface area contributed by atoms with Crippen LogP contribution in [0.4, 0.5) is 5.82 Å². The van der Waals surface area contributed by atoms with Crippen LogP contribution in [-0.2, 0) is 0 Å². The molecule has 0 bridgehead atoms. The van der Waals surface area contributed by atoms with E-state index in [9.17, 15) is 0 Å². The van der Waals surface area contributed by atoms with Crippen LogP contribution in [0, 0.1) is 0 Å². The maximum Gasteiger partial charge on any atom is 0.141 e. The lowest BCUT2D eigenvalue weighted by molar-refractivity contribution is 0.690. The van der Waals surface area contributed by atoms with Gasteiger partial charge in [0.05, 0.1) is 10.2 Å². The minimum absolute atomic E-state index is 0.553. The summed E-state index contributed by atoms with van der Waals surface area (Å²) in [7, 11) is 0. The van der Waals surface area contributed by atoms with Crippen molar-refractivity contribution in [1.82, 2.24) is 9.97 Å². The van der Waals surface area contributed by atoms with Gasteiger partial charge in [-0.15, -0.1) is 0 Å². The maximum absolute atomic E-state index is 5.69. The fourth-order valence-electron chi connectivity index (χ4n) is 1.88. The lowest BCUT2D eigenvalue weighted by atomic mass is 10.0. The molecule has 1 fully saturated rings. The molecule has 1 heterocycles. The molecule has 1 aliphatic rings. The lowest BCUT2D eigenvalue weighted by Crippen LogP contribution is -2.02. The van der Waals surface area contributed by atoms with Gasteiger partial charge in [0.25, 0.3) is 0 Å². The van der Waals surface area contributed by atoms with E-state index in [1.807, 2.05) is 0 Å². The van der Waals surface area contributed by atoms with E-state index in [0.29, 0.717) is 11.7 Å². The van der Waals surface area contributed by atoms with Crippen LogP contribution in [0.2, 0.25) is 0 Å². The van der Waals surface area contributed by atoms with Crippen molar-refractivity contribution >= 4 is 21.7 Å². The fraction of sp³-hybridized carbons (Fsp3) is 0.556. The minimum Gasteiger partial charge on any atom is -0.383 e. The minimum atomic E-state index is 0.553. The van der Waals surface area contributed by atoms with Crippen LogP contribution >= 0.6 is 15.9 Å². The van der Waals surface area contributed by atoms with E-state index in [1.54, 1.807) is 6.33 Å². The highest BCUT2D eigenvalue weighted by Gasteiger charge is 2.21. The zero-order valence-corrected chi connectivity index (χ0v) is 8.92. The second kappa shape index (κ2) is 3.62. The second-order valence-electron chi connectivity index (χ2n) is 3.44. The zero-order valence-electron chi connectivity index (χ0n) is 7.33. The van der Waals surface area contributed by atoms with Crippen LogP contribution in [-0.4, -0.2) is 9.97 Å². The molecule has 4 heteroatoms. The Balaban J connectivity index is 2.33. The number of aromatic nitrogens is 2. The van der Waals surface area contributed by atoms with Crippen LogP contribution in [0.3, 0.4) is 0 Å². The smallest absolute Gasteiger partial charge is 0.141 e. The monoisotopic (exact) mass is 241 g/mol. The first-order valence-corrected chi connectivity index (χ1v) is 5.34. The van der Waals surface area contributed by atoms with Crippen molar-refractivity contribution < 1.29 is 0 Å². The molecule has 0 saturated heterocycles. The predicted molar refractivity (Wildman–Crippen MR) is 55.4 cm³/mol. The molecular formula is C9H12BrN3. The van der Waals surface area contributed by atoms with Gasteiger partial charge in [-0.25, -0.2) is 9.97 Å². The lowest BCUT2D eigenvalue weighted by Gasteiger charge is -2.10. The number of halogens is 1. The molecule has 0 spiro atoms. The van der Waals surface area contributed by atoms with Crippen LogP contribution in [0.5, 0.6) is 0 Å². The van der Waals surface area contributed by atoms with E-state index in [2.05, 4.69) is 25.9 Å². The Morgan fingerprint density at radius 3 is 2.69 bits per heavy atom. The third-order valence-corrected chi connectivity index (χ3v) is 3.40. The van der Waals surface area contributed by atoms with Crippen molar-refractivity contribution in [2.75, 3.05) is 5.73 Å². The Hall–Kier alpha value is -0.640. The van der Waals surface area contributed by atoms with Crippen molar-refractivity contribution in [2.45, 2.75) is 31.6 Å². The maximum atomic E-state index is 5.69.